The van der Waals surface area contributed by atoms with Crippen molar-refractivity contribution in [3.63, 3.8) is 0 Å². The van der Waals surface area contributed by atoms with Crippen molar-refractivity contribution in [1.29, 1.82) is 5.26 Å². The van der Waals surface area contributed by atoms with Crippen LogP contribution in [0.1, 0.15) is 29.4 Å². The molecule has 0 aliphatic rings. The Kier molecular flexibility index (Phi) is 2.00. The number of aromatic nitrogens is 1. The van der Waals surface area contributed by atoms with Gasteiger partial charge in [-0.05, 0) is 25.8 Å². The topological polar surface area (TPSA) is 39.6 Å². The number of hydrogen-bond donors (Lipinski definition) is 1. The number of aromatic amines is 1. The van der Waals surface area contributed by atoms with Crippen LogP contribution in [0.5, 0.6) is 0 Å². The second-order valence-corrected chi connectivity index (χ2v) is 2.69. The zero-order valence-electron chi connectivity index (χ0n) is 7.15. The zero-order chi connectivity index (χ0) is 8.43. The van der Waals surface area contributed by atoms with Crippen LogP contribution in [0.3, 0.4) is 0 Å². The van der Waals surface area contributed by atoms with Gasteiger partial charge in [0.2, 0.25) is 0 Å². The van der Waals surface area contributed by atoms with E-state index in [1.165, 1.54) is 5.69 Å². The predicted molar refractivity (Wildman–Crippen MR) is 44.4 cm³/mol. The molecule has 0 atom stereocenters. The van der Waals surface area contributed by atoms with E-state index in [0.29, 0.717) is 0 Å². The van der Waals surface area contributed by atoms with E-state index in [-0.39, 0.29) is 0 Å². The van der Waals surface area contributed by atoms with E-state index < -0.39 is 0 Å². The lowest BCUT2D eigenvalue weighted by molar-refractivity contribution is 1.03. The van der Waals surface area contributed by atoms with Crippen LogP contribution in [-0.2, 0) is 6.42 Å². The van der Waals surface area contributed by atoms with Crippen LogP contribution in [0.4, 0.5) is 0 Å². The highest BCUT2D eigenvalue weighted by Gasteiger charge is 2.07. The molecule has 0 amide bonds. The summed E-state index contributed by atoms with van der Waals surface area (Å²) in [6.45, 7) is 6.00. The monoisotopic (exact) mass is 148 g/mol. The highest BCUT2D eigenvalue weighted by molar-refractivity contribution is 5.44. The third kappa shape index (κ3) is 1.14. The zero-order valence-corrected chi connectivity index (χ0v) is 7.15. The Bertz CT molecular complexity index is 302. The Morgan fingerprint density at radius 1 is 1.45 bits per heavy atom. The molecule has 0 aliphatic heterocycles. The lowest BCUT2D eigenvalue weighted by Crippen LogP contribution is -1.82. The first kappa shape index (κ1) is 7.87. The van der Waals surface area contributed by atoms with Gasteiger partial charge in [0.15, 0.2) is 0 Å². The van der Waals surface area contributed by atoms with E-state index in [9.17, 15) is 0 Å². The third-order valence-electron chi connectivity index (χ3n) is 2.01. The van der Waals surface area contributed by atoms with Gasteiger partial charge in [0.25, 0.3) is 0 Å². The van der Waals surface area contributed by atoms with Gasteiger partial charge in [-0.15, -0.1) is 0 Å². The number of nitrogens with one attached hydrogen (secondary N) is 1. The fraction of sp³-hybridized carbons (Fsp3) is 0.444. The van der Waals surface area contributed by atoms with Crippen LogP contribution in [0.15, 0.2) is 0 Å². The minimum Gasteiger partial charge on any atom is -0.361 e. The van der Waals surface area contributed by atoms with Crippen molar-refractivity contribution in [2.45, 2.75) is 27.2 Å². The van der Waals surface area contributed by atoms with E-state index in [2.05, 4.69) is 18.0 Å². The minimum atomic E-state index is 0.807. The molecular formula is C9H12N2. The van der Waals surface area contributed by atoms with Crippen molar-refractivity contribution in [3.05, 3.63) is 22.5 Å². The summed E-state index contributed by atoms with van der Waals surface area (Å²) in [5.74, 6) is 0. The molecule has 1 N–H and O–H groups in total. The molecular weight excluding hydrogens is 136 g/mol. The number of aryl methyl sites for hydroxylation is 2. The Morgan fingerprint density at radius 2 is 2.09 bits per heavy atom. The lowest BCUT2D eigenvalue weighted by atomic mass is 10.1. The molecule has 1 heterocycles. The molecule has 1 rings (SSSR count). The third-order valence-corrected chi connectivity index (χ3v) is 2.01. The molecule has 11 heavy (non-hydrogen) atoms. The largest absolute Gasteiger partial charge is 0.361 e. The number of hydrogen-bond acceptors (Lipinski definition) is 1. The van der Waals surface area contributed by atoms with E-state index >= 15 is 0 Å². The summed E-state index contributed by atoms with van der Waals surface area (Å²) in [4.78, 5) is 3.19. The molecule has 0 spiro atoms. The molecule has 0 unspecified atom stereocenters. The molecule has 0 aromatic carbocycles. The van der Waals surface area contributed by atoms with Gasteiger partial charge in [0.1, 0.15) is 6.07 Å². The van der Waals surface area contributed by atoms with Crippen LogP contribution in [0.25, 0.3) is 0 Å². The normalized spacial score (nSPS) is 9.64. The summed E-state index contributed by atoms with van der Waals surface area (Å²) < 4.78 is 0. The number of nitriles is 1. The maximum Gasteiger partial charge on any atom is 0.101 e. The first-order chi connectivity index (χ1) is 5.20. The molecule has 1 aromatic rings. The number of nitrogens with zero attached hydrogens (tertiary/aromatic N) is 1. The van der Waals surface area contributed by atoms with Gasteiger partial charge in [0, 0.05) is 11.4 Å². The Balaban J connectivity index is 3.28. The van der Waals surface area contributed by atoms with Gasteiger partial charge in [-0.25, -0.2) is 0 Å². The van der Waals surface area contributed by atoms with Crippen molar-refractivity contribution >= 4 is 0 Å². The first-order valence-electron chi connectivity index (χ1n) is 3.78. The standard InChI is InChI=1S/C9H12N2/c1-4-9-6(2)8(5-10)7(3)11-9/h11H,4H2,1-3H3. The van der Waals surface area contributed by atoms with Crippen molar-refractivity contribution in [2.75, 3.05) is 0 Å². The van der Waals surface area contributed by atoms with Crippen LogP contribution >= 0.6 is 0 Å². The summed E-state index contributed by atoms with van der Waals surface area (Å²) >= 11 is 0. The maximum absolute atomic E-state index is 8.74. The van der Waals surface area contributed by atoms with Crippen molar-refractivity contribution in [3.8, 4) is 6.07 Å². The van der Waals surface area contributed by atoms with Crippen LogP contribution in [0.2, 0.25) is 0 Å². The second kappa shape index (κ2) is 2.79. The number of rotatable bonds is 1. The maximum atomic E-state index is 8.74. The van der Waals surface area contributed by atoms with Crippen LogP contribution in [0, 0.1) is 25.2 Å². The summed E-state index contributed by atoms with van der Waals surface area (Å²) in [5, 5.41) is 8.74. The molecule has 2 heteroatoms. The van der Waals surface area contributed by atoms with Gasteiger partial charge in [0.05, 0.1) is 5.56 Å². The quantitative estimate of drug-likeness (QED) is 0.650. The van der Waals surface area contributed by atoms with Gasteiger partial charge < -0.3 is 4.98 Å². The summed E-state index contributed by atoms with van der Waals surface area (Å²) in [5.41, 5.74) is 4.08. The summed E-state index contributed by atoms with van der Waals surface area (Å²) in [6, 6.07) is 2.19. The van der Waals surface area contributed by atoms with Gasteiger partial charge in [-0.2, -0.15) is 5.26 Å². The first-order valence-corrected chi connectivity index (χ1v) is 3.78. The van der Waals surface area contributed by atoms with Gasteiger partial charge in [-0.3, -0.25) is 0 Å². The van der Waals surface area contributed by atoms with Crippen LogP contribution < -0.4 is 0 Å². The van der Waals surface area contributed by atoms with Crippen molar-refractivity contribution in [1.82, 2.24) is 4.98 Å². The Morgan fingerprint density at radius 3 is 2.36 bits per heavy atom. The highest BCUT2D eigenvalue weighted by atomic mass is 14.7. The number of H-pyrrole nitrogens is 1. The predicted octanol–water partition coefficient (Wildman–Crippen LogP) is 2.07. The molecule has 2 nitrogen and oxygen atoms in total. The Labute approximate surface area is 66.9 Å². The molecule has 0 fully saturated rings. The molecule has 58 valence electrons. The minimum absolute atomic E-state index is 0.807. The second-order valence-electron chi connectivity index (χ2n) is 2.69. The smallest absolute Gasteiger partial charge is 0.101 e. The average Bonchev–Trinajstić information content (AvgIpc) is 2.26. The highest BCUT2D eigenvalue weighted by Crippen LogP contribution is 2.16. The Hall–Kier alpha value is -1.23. The van der Waals surface area contributed by atoms with Crippen molar-refractivity contribution in [2.24, 2.45) is 0 Å². The fourth-order valence-electron chi connectivity index (χ4n) is 1.34. The van der Waals surface area contributed by atoms with E-state index in [1.807, 2.05) is 13.8 Å². The van der Waals surface area contributed by atoms with Crippen molar-refractivity contribution < 1.29 is 0 Å². The summed E-state index contributed by atoms with van der Waals surface area (Å²) in [7, 11) is 0. The van der Waals surface area contributed by atoms with Gasteiger partial charge >= 0.3 is 0 Å². The van der Waals surface area contributed by atoms with E-state index in [4.69, 9.17) is 5.26 Å². The average molecular weight is 148 g/mol. The molecule has 0 saturated carbocycles. The summed E-state index contributed by atoms with van der Waals surface area (Å²) in [6.07, 6.45) is 0.967. The van der Waals surface area contributed by atoms with Gasteiger partial charge in [-0.1, -0.05) is 6.92 Å². The molecule has 1 aromatic heterocycles. The van der Waals surface area contributed by atoms with Crippen LogP contribution in [-0.4, -0.2) is 4.98 Å². The molecule has 0 saturated heterocycles. The van der Waals surface area contributed by atoms with E-state index in [1.54, 1.807) is 0 Å². The van der Waals surface area contributed by atoms with E-state index in [0.717, 1.165) is 23.2 Å². The lowest BCUT2D eigenvalue weighted by Gasteiger charge is -1.90. The fourth-order valence-corrected chi connectivity index (χ4v) is 1.34. The molecule has 0 bridgehead atoms. The molecule has 0 radical (unpaired) electrons. The molecule has 0 aliphatic carbocycles. The SMILES string of the molecule is CCc1[nH]c(C)c(C#N)c1C.